The monoisotopic (exact) mass is 423 g/mol. The van der Waals surface area contributed by atoms with Crippen LogP contribution in [-0.2, 0) is 19.1 Å². The van der Waals surface area contributed by atoms with Gasteiger partial charge in [-0.2, -0.15) is 0 Å². The third-order valence-corrected chi connectivity index (χ3v) is 5.19. The average Bonchev–Trinajstić information content (AvgIpc) is 3.00. The van der Waals surface area contributed by atoms with Crippen LogP contribution < -0.4 is 9.64 Å². The van der Waals surface area contributed by atoms with Crippen LogP contribution in [0.15, 0.2) is 48.0 Å². The van der Waals surface area contributed by atoms with Crippen LogP contribution in [0.4, 0.5) is 5.69 Å². The van der Waals surface area contributed by atoms with E-state index in [2.05, 4.69) is 6.92 Å². The summed E-state index contributed by atoms with van der Waals surface area (Å²) < 4.78 is 16.1. The van der Waals surface area contributed by atoms with Gasteiger partial charge in [0.25, 0.3) is 0 Å². The first-order valence-corrected chi connectivity index (χ1v) is 10.6. The number of esters is 1. The molecule has 0 N–H and O–H groups in total. The number of nitrogens with zero attached hydrogens (tertiary/aromatic N) is 1. The van der Waals surface area contributed by atoms with Gasteiger partial charge in [-0.1, -0.05) is 31.5 Å². The van der Waals surface area contributed by atoms with E-state index in [0.29, 0.717) is 31.8 Å². The quantitative estimate of drug-likeness (QED) is 0.320. The number of methoxy groups -OCH3 is 1. The van der Waals surface area contributed by atoms with Gasteiger partial charge < -0.3 is 19.1 Å². The predicted octanol–water partition coefficient (Wildman–Crippen LogP) is 4.47. The second-order valence-corrected chi connectivity index (χ2v) is 7.32. The van der Waals surface area contributed by atoms with Crippen LogP contribution in [0.2, 0.25) is 0 Å². The van der Waals surface area contributed by atoms with E-state index in [9.17, 15) is 9.59 Å². The number of carbonyl (C=O) groups is 2. The second-order valence-electron chi connectivity index (χ2n) is 7.32. The summed E-state index contributed by atoms with van der Waals surface area (Å²) in [6, 6.07) is 13.7. The summed E-state index contributed by atoms with van der Waals surface area (Å²) in [7, 11) is 1.36. The van der Waals surface area contributed by atoms with Crippen LogP contribution in [0.25, 0.3) is 17.2 Å². The molecule has 6 heteroatoms. The molecular formula is C25H29NO5. The van der Waals surface area contributed by atoms with E-state index in [1.165, 1.54) is 7.11 Å². The zero-order valence-corrected chi connectivity index (χ0v) is 18.1. The zero-order valence-electron chi connectivity index (χ0n) is 18.1. The van der Waals surface area contributed by atoms with Crippen molar-refractivity contribution in [3.8, 4) is 16.9 Å². The normalized spacial score (nSPS) is 13.1. The lowest BCUT2D eigenvalue weighted by Gasteiger charge is -2.18. The molecule has 0 unspecified atom stereocenters. The third-order valence-electron chi connectivity index (χ3n) is 5.19. The summed E-state index contributed by atoms with van der Waals surface area (Å²) in [5.41, 5.74) is 4.15. The van der Waals surface area contributed by atoms with Crippen molar-refractivity contribution in [2.24, 2.45) is 0 Å². The topological polar surface area (TPSA) is 65.1 Å². The van der Waals surface area contributed by atoms with Gasteiger partial charge in [-0.05, 0) is 59.9 Å². The Kier molecular flexibility index (Phi) is 8.24. The van der Waals surface area contributed by atoms with Gasteiger partial charge in [0, 0.05) is 18.7 Å². The van der Waals surface area contributed by atoms with Gasteiger partial charge in [-0.3, -0.25) is 4.79 Å². The van der Waals surface area contributed by atoms with Crippen molar-refractivity contribution < 1.29 is 23.8 Å². The molecule has 0 spiro atoms. The number of hydrogen-bond donors (Lipinski definition) is 0. The van der Waals surface area contributed by atoms with Crippen molar-refractivity contribution in [2.75, 3.05) is 38.4 Å². The Morgan fingerprint density at radius 3 is 2.55 bits per heavy atom. The maximum atomic E-state index is 12.1. The number of ether oxygens (including phenoxy) is 3. The summed E-state index contributed by atoms with van der Waals surface area (Å²) >= 11 is 0. The maximum Gasteiger partial charge on any atom is 0.333 e. The minimum Gasteiger partial charge on any atom is -0.491 e. The molecule has 3 rings (SSSR count). The molecule has 0 aliphatic carbocycles. The number of hydrogen-bond acceptors (Lipinski definition) is 5. The van der Waals surface area contributed by atoms with Crippen LogP contribution in [-0.4, -0.2) is 45.9 Å². The smallest absolute Gasteiger partial charge is 0.333 e. The Hall–Kier alpha value is -3.12. The van der Waals surface area contributed by atoms with E-state index >= 15 is 0 Å². The van der Waals surface area contributed by atoms with Crippen molar-refractivity contribution >= 4 is 24.1 Å². The minimum absolute atomic E-state index is 0.371. The summed E-state index contributed by atoms with van der Waals surface area (Å²) in [6.07, 6.45) is 5.24. The van der Waals surface area contributed by atoms with Gasteiger partial charge in [0.2, 0.25) is 6.41 Å². The molecule has 0 radical (unpaired) electrons. The van der Waals surface area contributed by atoms with E-state index in [1.807, 2.05) is 48.5 Å². The van der Waals surface area contributed by atoms with Gasteiger partial charge in [0.1, 0.15) is 12.4 Å². The van der Waals surface area contributed by atoms with Gasteiger partial charge in [-0.15, -0.1) is 0 Å². The molecule has 31 heavy (non-hydrogen) atoms. The molecule has 1 amide bonds. The Morgan fingerprint density at radius 1 is 1.06 bits per heavy atom. The maximum absolute atomic E-state index is 12.1. The van der Waals surface area contributed by atoms with Crippen LogP contribution >= 0.6 is 0 Å². The molecule has 0 saturated carbocycles. The third kappa shape index (κ3) is 5.95. The van der Waals surface area contributed by atoms with E-state index in [-0.39, 0.29) is 5.97 Å². The molecule has 6 nitrogen and oxygen atoms in total. The summed E-state index contributed by atoms with van der Waals surface area (Å²) in [5.74, 6) is 0.418. The molecule has 1 aliphatic heterocycles. The number of fused-ring (bicyclic) bond motifs is 1. The van der Waals surface area contributed by atoms with E-state index in [4.69, 9.17) is 14.2 Å². The van der Waals surface area contributed by atoms with Gasteiger partial charge >= 0.3 is 5.97 Å². The fourth-order valence-corrected chi connectivity index (χ4v) is 3.44. The molecule has 164 valence electrons. The van der Waals surface area contributed by atoms with Crippen LogP contribution in [0.3, 0.4) is 0 Å². The highest BCUT2D eigenvalue weighted by Gasteiger charge is 2.20. The number of anilines is 1. The number of rotatable bonds is 10. The summed E-state index contributed by atoms with van der Waals surface area (Å²) in [5, 5.41) is 0. The number of amides is 1. The Labute approximate surface area is 183 Å². The summed E-state index contributed by atoms with van der Waals surface area (Å²) in [6.45, 7) is 4.44. The largest absolute Gasteiger partial charge is 0.491 e. The molecule has 0 aromatic heterocycles. The first-order valence-electron chi connectivity index (χ1n) is 10.6. The van der Waals surface area contributed by atoms with Gasteiger partial charge in [0.15, 0.2) is 0 Å². The molecule has 0 bridgehead atoms. The SMILES string of the molecule is CCCCOCCOc1ccc(-c2ccc3c(c2)C=C(C(=O)OC)CCN3C=O)cc1. The first-order chi connectivity index (χ1) is 15.2. The van der Waals surface area contributed by atoms with E-state index < -0.39 is 0 Å². The summed E-state index contributed by atoms with van der Waals surface area (Å²) in [4.78, 5) is 25.2. The standard InChI is InChI=1S/C25H29NO5/c1-3-4-13-30-14-15-31-23-8-5-19(6-9-23)20-7-10-24-22(16-20)17-21(25(28)29-2)11-12-26(24)18-27/h5-10,16-18H,3-4,11-15H2,1-2H3. The first kappa shape index (κ1) is 22.6. The highest BCUT2D eigenvalue weighted by atomic mass is 16.5. The second kappa shape index (κ2) is 11.3. The molecule has 2 aromatic rings. The predicted molar refractivity (Wildman–Crippen MR) is 121 cm³/mol. The lowest BCUT2D eigenvalue weighted by molar-refractivity contribution is -0.136. The minimum atomic E-state index is -0.371. The van der Waals surface area contributed by atoms with E-state index in [0.717, 1.165) is 54.0 Å². The zero-order chi connectivity index (χ0) is 22.1. The highest BCUT2D eigenvalue weighted by Crippen LogP contribution is 2.32. The molecule has 0 saturated heterocycles. The van der Waals surface area contributed by atoms with E-state index in [1.54, 1.807) is 4.90 Å². The van der Waals surface area contributed by atoms with Crippen LogP contribution in [0.1, 0.15) is 31.7 Å². The van der Waals surface area contributed by atoms with Crippen molar-refractivity contribution in [3.05, 3.63) is 53.6 Å². The lowest BCUT2D eigenvalue weighted by Crippen LogP contribution is -2.23. The Bertz CT molecular complexity index is 920. The molecular weight excluding hydrogens is 394 g/mol. The number of unbranched alkanes of at least 4 members (excludes halogenated alkanes) is 1. The number of carbonyl (C=O) groups excluding carboxylic acids is 2. The van der Waals surface area contributed by atoms with Gasteiger partial charge in [-0.25, -0.2) is 4.79 Å². The van der Waals surface area contributed by atoms with Crippen molar-refractivity contribution in [2.45, 2.75) is 26.2 Å². The molecule has 1 aliphatic rings. The molecule has 2 aromatic carbocycles. The van der Waals surface area contributed by atoms with Gasteiger partial charge in [0.05, 0.1) is 19.4 Å². The lowest BCUT2D eigenvalue weighted by atomic mass is 10.0. The van der Waals surface area contributed by atoms with Crippen molar-refractivity contribution in [1.29, 1.82) is 0 Å². The fourth-order valence-electron chi connectivity index (χ4n) is 3.44. The average molecular weight is 424 g/mol. The van der Waals surface area contributed by atoms with Crippen molar-refractivity contribution in [1.82, 2.24) is 0 Å². The Balaban J connectivity index is 1.74. The number of benzene rings is 2. The molecule has 0 fully saturated rings. The van der Waals surface area contributed by atoms with Crippen molar-refractivity contribution in [3.63, 3.8) is 0 Å². The fraction of sp³-hybridized carbons (Fsp3) is 0.360. The van der Waals surface area contributed by atoms with Crippen LogP contribution in [0.5, 0.6) is 5.75 Å². The molecule has 1 heterocycles. The highest BCUT2D eigenvalue weighted by molar-refractivity contribution is 5.97. The Morgan fingerprint density at radius 2 is 1.84 bits per heavy atom. The molecule has 0 atom stereocenters. The van der Waals surface area contributed by atoms with Crippen LogP contribution in [0, 0.1) is 0 Å².